The predicted molar refractivity (Wildman–Crippen MR) is 55.2 cm³/mol. The third-order valence-corrected chi connectivity index (χ3v) is 2.39. The van der Waals surface area contributed by atoms with E-state index in [0.29, 0.717) is 5.02 Å². The van der Waals surface area contributed by atoms with E-state index in [1.807, 2.05) is 24.3 Å². The molecule has 0 saturated heterocycles. The second-order valence-corrected chi connectivity index (χ2v) is 3.44. The molecule has 1 nitrogen and oxygen atoms in total. The fraction of sp³-hybridized carbons (Fsp3) is 0.111. The number of methoxy groups -OCH3 is 1. The van der Waals surface area contributed by atoms with Crippen molar-refractivity contribution in [1.29, 1.82) is 0 Å². The minimum Gasteiger partial charge on any atom is -0.504 e. The third-order valence-electron chi connectivity index (χ3n) is 1.37. The molecule has 0 aromatic heterocycles. The van der Waals surface area contributed by atoms with Gasteiger partial charge < -0.3 is 4.74 Å². The van der Waals surface area contributed by atoms with Crippen LogP contribution in [-0.4, -0.2) is 7.11 Å². The average molecular weight is 248 g/mol. The van der Waals surface area contributed by atoms with E-state index < -0.39 is 0 Å². The summed E-state index contributed by atoms with van der Waals surface area (Å²) in [6.45, 7) is 0. The Kier molecular flexibility index (Phi) is 3.63. The van der Waals surface area contributed by atoms with Crippen molar-refractivity contribution in [2.24, 2.45) is 0 Å². The highest BCUT2D eigenvalue weighted by atomic mass is 79.9. The maximum atomic E-state index is 5.93. The lowest BCUT2D eigenvalue weighted by atomic mass is 10.2. The van der Waals surface area contributed by atoms with Crippen molar-refractivity contribution in [3.63, 3.8) is 0 Å². The van der Waals surface area contributed by atoms with Crippen LogP contribution < -0.4 is 0 Å². The van der Waals surface area contributed by atoms with Crippen molar-refractivity contribution in [3.05, 3.63) is 39.5 Å². The quantitative estimate of drug-likeness (QED) is 0.724. The van der Waals surface area contributed by atoms with Crippen LogP contribution in [0.4, 0.5) is 0 Å². The van der Waals surface area contributed by atoms with Crippen molar-refractivity contribution in [2.45, 2.75) is 0 Å². The minimum absolute atomic E-state index is 0.706. The molecule has 64 valence electrons. The second kappa shape index (κ2) is 4.53. The third kappa shape index (κ3) is 2.26. The summed E-state index contributed by atoms with van der Waals surface area (Å²) in [5.41, 5.74) is 0.931. The van der Waals surface area contributed by atoms with E-state index in [0.717, 1.165) is 10.0 Å². The normalized spacial score (nSPS) is 10.6. The second-order valence-electron chi connectivity index (χ2n) is 2.17. The molecule has 12 heavy (non-hydrogen) atoms. The van der Waals surface area contributed by atoms with Gasteiger partial charge >= 0.3 is 0 Å². The summed E-state index contributed by atoms with van der Waals surface area (Å²) in [7, 11) is 1.60. The Morgan fingerprint density at radius 2 is 2.25 bits per heavy atom. The zero-order chi connectivity index (χ0) is 8.97. The van der Waals surface area contributed by atoms with Crippen LogP contribution in [-0.2, 0) is 4.74 Å². The van der Waals surface area contributed by atoms with E-state index in [9.17, 15) is 0 Å². The summed E-state index contributed by atoms with van der Waals surface area (Å²) < 4.78 is 5.76. The van der Waals surface area contributed by atoms with Crippen molar-refractivity contribution in [3.8, 4) is 0 Å². The van der Waals surface area contributed by atoms with Gasteiger partial charge in [0.2, 0.25) is 0 Å². The van der Waals surface area contributed by atoms with E-state index in [1.165, 1.54) is 0 Å². The largest absolute Gasteiger partial charge is 0.504 e. The monoisotopic (exact) mass is 246 g/mol. The molecule has 0 fully saturated rings. The van der Waals surface area contributed by atoms with Crippen molar-refractivity contribution in [2.75, 3.05) is 7.11 Å². The summed E-state index contributed by atoms with van der Waals surface area (Å²) in [6, 6.07) is 5.65. The molecule has 1 aromatic carbocycles. The Labute approximate surface area is 85.1 Å². The lowest BCUT2D eigenvalue weighted by molar-refractivity contribution is 0.341. The first-order valence-electron chi connectivity index (χ1n) is 3.39. The number of benzene rings is 1. The SMILES string of the molecule is COC=Cc1c(Cl)cccc1Br. The Bertz CT molecular complexity index is 276. The van der Waals surface area contributed by atoms with Gasteiger partial charge in [-0.05, 0) is 18.2 Å². The summed E-state index contributed by atoms with van der Waals surface area (Å²) in [6.07, 6.45) is 3.40. The molecule has 0 aliphatic heterocycles. The van der Waals surface area contributed by atoms with E-state index in [1.54, 1.807) is 13.4 Å². The van der Waals surface area contributed by atoms with Gasteiger partial charge in [0.25, 0.3) is 0 Å². The van der Waals surface area contributed by atoms with Crippen molar-refractivity contribution in [1.82, 2.24) is 0 Å². The van der Waals surface area contributed by atoms with Crippen LogP contribution in [0.5, 0.6) is 0 Å². The van der Waals surface area contributed by atoms with Crippen LogP contribution >= 0.6 is 27.5 Å². The lowest BCUT2D eigenvalue weighted by Crippen LogP contribution is -1.77. The molecule has 1 rings (SSSR count). The molecular formula is C9H8BrClO. The molecule has 0 radical (unpaired) electrons. The van der Waals surface area contributed by atoms with Crippen molar-refractivity contribution >= 4 is 33.6 Å². The molecule has 0 aliphatic carbocycles. The highest BCUT2D eigenvalue weighted by Gasteiger charge is 1.99. The summed E-state index contributed by atoms with van der Waals surface area (Å²) >= 11 is 9.31. The zero-order valence-electron chi connectivity index (χ0n) is 6.55. The smallest absolute Gasteiger partial charge is 0.0831 e. The van der Waals surface area contributed by atoms with Gasteiger partial charge in [0.05, 0.1) is 13.4 Å². The van der Waals surface area contributed by atoms with Gasteiger partial charge in [-0.2, -0.15) is 0 Å². The van der Waals surface area contributed by atoms with Crippen LogP contribution in [0.2, 0.25) is 5.02 Å². The van der Waals surface area contributed by atoms with Crippen molar-refractivity contribution < 1.29 is 4.74 Å². The zero-order valence-corrected chi connectivity index (χ0v) is 8.89. The summed E-state index contributed by atoms with van der Waals surface area (Å²) in [4.78, 5) is 0. The molecule has 0 aliphatic rings. The van der Waals surface area contributed by atoms with Crippen LogP contribution in [0.15, 0.2) is 28.9 Å². The topological polar surface area (TPSA) is 9.23 Å². The van der Waals surface area contributed by atoms with Gasteiger partial charge in [-0.3, -0.25) is 0 Å². The molecule has 0 saturated carbocycles. The Morgan fingerprint density at radius 1 is 1.50 bits per heavy atom. The molecule has 0 unspecified atom stereocenters. The average Bonchev–Trinajstić information content (AvgIpc) is 2.04. The molecule has 0 atom stereocenters. The number of halogens is 2. The Hall–Kier alpha value is -0.470. The summed E-state index contributed by atoms with van der Waals surface area (Å²) in [5, 5.41) is 0.706. The fourth-order valence-electron chi connectivity index (χ4n) is 0.806. The molecule has 0 amide bonds. The van der Waals surface area contributed by atoms with Crippen LogP contribution in [0.1, 0.15) is 5.56 Å². The first kappa shape index (κ1) is 9.62. The summed E-state index contributed by atoms with van der Waals surface area (Å²) in [5.74, 6) is 0. The van der Waals surface area contributed by atoms with Gasteiger partial charge in [0.15, 0.2) is 0 Å². The molecule has 0 spiro atoms. The standard InChI is InChI=1S/C9H8BrClO/c1-12-6-5-7-8(10)3-2-4-9(7)11/h2-6H,1H3. The molecule has 3 heteroatoms. The Balaban J connectivity index is 3.04. The predicted octanol–water partition coefficient (Wildman–Crippen LogP) is 3.72. The van der Waals surface area contributed by atoms with Gasteiger partial charge in [-0.1, -0.05) is 33.6 Å². The van der Waals surface area contributed by atoms with E-state index in [4.69, 9.17) is 16.3 Å². The van der Waals surface area contributed by atoms with Gasteiger partial charge in [-0.15, -0.1) is 0 Å². The lowest BCUT2D eigenvalue weighted by Gasteiger charge is -2.00. The van der Waals surface area contributed by atoms with Crippen LogP contribution in [0.3, 0.4) is 0 Å². The maximum Gasteiger partial charge on any atom is 0.0831 e. The molecule has 0 heterocycles. The number of hydrogen-bond acceptors (Lipinski definition) is 1. The minimum atomic E-state index is 0.706. The first-order chi connectivity index (χ1) is 5.75. The number of ether oxygens (including phenoxy) is 1. The van der Waals surface area contributed by atoms with Gasteiger partial charge in [0, 0.05) is 15.1 Å². The van der Waals surface area contributed by atoms with Gasteiger partial charge in [-0.25, -0.2) is 0 Å². The fourth-order valence-corrected chi connectivity index (χ4v) is 1.66. The first-order valence-corrected chi connectivity index (χ1v) is 4.56. The molecular weight excluding hydrogens is 239 g/mol. The Morgan fingerprint density at radius 3 is 2.83 bits per heavy atom. The number of hydrogen-bond donors (Lipinski definition) is 0. The maximum absolute atomic E-state index is 5.93. The number of rotatable bonds is 2. The van der Waals surface area contributed by atoms with E-state index >= 15 is 0 Å². The molecule has 0 bridgehead atoms. The molecule has 1 aromatic rings. The van der Waals surface area contributed by atoms with E-state index in [2.05, 4.69) is 15.9 Å². The highest BCUT2D eigenvalue weighted by Crippen LogP contribution is 2.25. The molecule has 0 N–H and O–H groups in total. The van der Waals surface area contributed by atoms with E-state index in [-0.39, 0.29) is 0 Å². The van der Waals surface area contributed by atoms with Crippen LogP contribution in [0, 0.1) is 0 Å². The van der Waals surface area contributed by atoms with Crippen LogP contribution in [0.25, 0.3) is 6.08 Å². The highest BCUT2D eigenvalue weighted by molar-refractivity contribution is 9.10. The van der Waals surface area contributed by atoms with Gasteiger partial charge in [0.1, 0.15) is 0 Å².